The first-order valence-corrected chi connectivity index (χ1v) is 7.75. The third-order valence-electron chi connectivity index (χ3n) is 3.27. The monoisotopic (exact) mass is 316 g/mol. The Bertz CT molecular complexity index is 675. The third-order valence-corrected chi connectivity index (χ3v) is 3.27. The molecule has 0 atom stereocenters. The number of para-hydroxylation sites is 1. The highest BCUT2D eigenvalue weighted by Gasteiger charge is 2.12. The summed E-state index contributed by atoms with van der Waals surface area (Å²) in [5, 5.41) is 5.64. The molecule has 0 saturated carbocycles. The van der Waals surface area contributed by atoms with Gasteiger partial charge in [0.05, 0.1) is 5.69 Å². The maximum atomic E-state index is 13.6. The van der Waals surface area contributed by atoms with Crippen LogP contribution in [0.2, 0.25) is 0 Å². The predicted molar refractivity (Wildman–Crippen MR) is 89.1 cm³/mol. The number of nitrogens with one attached hydrogen (secondary N) is 2. The van der Waals surface area contributed by atoms with Crippen molar-refractivity contribution in [3.05, 3.63) is 47.5 Å². The van der Waals surface area contributed by atoms with Gasteiger partial charge in [-0.05, 0) is 31.5 Å². The Morgan fingerprint density at radius 3 is 2.74 bits per heavy atom. The minimum absolute atomic E-state index is 0.131. The van der Waals surface area contributed by atoms with Crippen LogP contribution in [0, 0.1) is 12.7 Å². The van der Waals surface area contributed by atoms with E-state index < -0.39 is 11.7 Å². The van der Waals surface area contributed by atoms with Crippen LogP contribution in [0.15, 0.2) is 30.3 Å². The summed E-state index contributed by atoms with van der Waals surface area (Å²) >= 11 is 0. The highest BCUT2D eigenvalue weighted by Crippen LogP contribution is 2.14. The molecule has 1 amide bonds. The molecule has 2 aromatic rings. The first-order valence-electron chi connectivity index (χ1n) is 7.75. The van der Waals surface area contributed by atoms with Crippen molar-refractivity contribution in [2.75, 3.05) is 17.2 Å². The maximum Gasteiger partial charge on any atom is 0.274 e. The van der Waals surface area contributed by atoms with E-state index in [1.165, 1.54) is 12.1 Å². The Kier molecular flexibility index (Phi) is 6.02. The van der Waals surface area contributed by atoms with Gasteiger partial charge in [0, 0.05) is 12.2 Å². The molecule has 122 valence electrons. The normalized spacial score (nSPS) is 10.4. The number of amides is 1. The smallest absolute Gasteiger partial charge is 0.274 e. The van der Waals surface area contributed by atoms with Crippen molar-refractivity contribution in [3.63, 3.8) is 0 Å². The molecular formula is C17H21FN4O. The van der Waals surface area contributed by atoms with E-state index in [0.29, 0.717) is 11.6 Å². The van der Waals surface area contributed by atoms with Gasteiger partial charge in [0.1, 0.15) is 11.5 Å². The van der Waals surface area contributed by atoms with E-state index in [1.54, 1.807) is 25.1 Å². The molecule has 2 rings (SSSR count). The zero-order chi connectivity index (χ0) is 16.7. The second kappa shape index (κ2) is 8.22. The summed E-state index contributed by atoms with van der Waals surface area (Å²) < 4.78 is 13.6. The lowest BCUT2D eigenvalue weighted by atomic mass is 10.2. The number of halogens is 1. The molecule has 0 unspecified atom stereocenters. The average molecular weight is 316 g/mol. The van der Waals surface area contributed by atoms with Crippen molar-refractivity contribution in [2.45, 2.75) is 33.1 Å². The van der Waals surface area contributed by atoms with Gasteiger partial charge in [0.15, 0.2) is 0 Å². The SMILES string of the molecule is CCCCCNc1nc(C)cc(C(=O)Nc2ccccc2F)n1. The third kappa shape index (κ3) is 5.02. The molecule has 0 bridgehead atoms. The van der Waals surface area contributed by atoms with Gasteiger partial charge in [0.2, 0.25) is 5.95 Å². The lowest BCUT2D eigenvalue weighted by Gasteiger charge is -2.09. The first-order chi connectivity index (χ1) is 11.1. The largest absolute Gasteiger partial charge is 0.354 e. The van der Waals surface area contributed by atoms with Gasteiger partial charge in [-0.15, -0.1) is 0 Å². The number of rotatable bonds is 7. The number of anilines is 2. The topological polar surface area (TPSA) is 66.9 Å². The lowest BCUT2D eigenvalue weighted by Crippen LogP contribution is -2.17. The number of benzene rings is 1. The molecule has 5 nitrogen and oxygen atoms in total. The lowest BCUT2D eigenvalue weighted by molar-refractivity contribution is 0.102. The quantitative estimate of drug-likeness (QED) is 0.763. The Morgan fingerprint density at radius 1 is 1.22 bits per heavy atom. The van der Waals surface area contributed by atoms with E-state index >= 15 is 0 Å². The molecule has 1 aromatic heterocycles. The van der Waals surface area contributed by atoms with Crippen molar-refractivity contribution in [3.8, 4) is 0 Å². The fourth-order valence-electron chi connectivity index (χ4n) is 2.09. The van der Waals surface area contributed by atoms with E-state index in [-0.39, 0.29) is 11.4 Å². The van der Waals surface area contributed by atoms with Crippen LogP contribution in [0.1, 0.15) is 42.4 Å². The molecule has 0 saturated heterocycles. The minimum Gasteiger partial charge on any atom is -0.354 e. The van der Waals surface area contributed by atoms with Crippen LogP contribution in [0.5, 0.6) is 0 Å². The molecule has 0 aliphatic rings. The van der Waals surface area contributed by atoms with Gasteiger partial charge >= 0.3 is 0 Å². The maximum absolute atomic E-state index is 13.6. The summed E-state index contributed by atoms with van der Waals surface area (Å²) in [6.07, 6.45) is 3.27. The van der Waals surface area contributed by atoms with E-state index in [1.807, 2.05) is 0 Å². The van der Waals surface area contributed by atoms with E-state index in [4.69, 9.17) is 0 Å². The van der Waals surface area contributed by atoms with Crippen LogP contribution >= 0.6 is 0 Å². The van der Waals surface area contributed by atoms with Gasteiger partial charge in [0.25, 0.3) is 5.91 Å². The fourth-order valence-corrected chi connectivity index (χ4v) is 2.09. The molecule has 0 aliphatic heterocycles. The molecule has 0 fully saturated rings. The molecule has 1 heterocycles. The summed E-state index contributed by atoms with van der Waals surface area (Å²) in [4.78, 5) is 20.7. The van der Waals surface area contributed by atoms with Crippen LogP contribution in [0.3, 0.4) is 0 Å². The van der Waals surface area contributed by atoms with Crippen LogP contribution in [0.4, 0.5) is 16.0 Å². The summed E-state index contributed by atoms with van der Waals surface area (Å²) in [7, 11) is 0. The van der Waals surface area contributed by atoms with Gasteiger partial charge in [-0.25, -0.2) is 14.4 Å². The van der Waals surface area contributed by atoms with Crippen LogP contribution in [-0.2, 0) is 0 Å². The number of nitrogens with zero attached hydrogens (tertiary/aromatic N) is 2. The van der Waals surface area contributed by atoms with E-state index in [9.17, 15) is 9.18 Å². The van der Waals surface area contributed by atoms with Gasteiger partial charge in [-0.1, -0.05) is 31.9 Å². The summed E-state index contributed by atoms with van der Waals surface area (Å²) in [6.45, 7) is 4.68. The van der Waals surface area contributed by atoms with Gasteiger partial charge in [-0.2, -0.15) is 0 Å². The van der Waals surface area contributed by atoms with Gasteiger partial charge < -0.3 is 10.6 Å². The van der Waals surface area contributed by atoms with Crippen molar-refractivity contribution < 1.29 is 9.18 Å². The van der Waals surface area contributed by atoms with Crippen molar-refractivity contribution in [1.82, 2.24) is 9.97 Å². The number of carbonyl (C=O) groups is 1. The number of hydrogen-bond acceptors (Lipinski definition) is 4. The van der Waals surface area contributed by atoms with Crippen molar-refractivity contribution in [1.29, 1.82) is 0 Å². The molecule has 1 aromatic carbocycles. The first kappa shape index (κ1) is 16.9. The Balaban J connectivity index is 2.08. The second-order valence-corrected chi connectivity index (χ2v) is 5.29. The Labute approximate surface area is 135 Å². The molecule has 0 aliphatic carbocycles. The fraction of sp³-hybridized carbons (Fsp3) is 0.353. The van der Waals surface area contributed by atoms with Crippen molar-refractivity contribution in [2.24, 2.45) is 0 Å². The molecule has 23 heavy (non-hydrogen) atoms. The Morgan fingerprint density at radius 2 is 2.00 bits per heavy atom. The minimum atomic E-state index is -0.482. The zero-order valence-corrected chi connectivity index (χ0v) is 13.4. The Hall–Kier alpha value is -2.50. The average Bonchev–Trinajstić information content (AvgIpc) is 2.53. The predicted octanol–water partition coefficient (Wildman–Crippen LogP) is 3.78. The number of carbonyl (C=O) groups excluding carboxylic acids is 1. The number of hydrogen-bond donors (Lipinski definition) is 2. The molecular weight excluding hydrogens is 295 g/mol. The number of aromatic nitrogens is 2. The molecule has 6 heteroatoms. The zero-order valence-electron chi connectivity index (χ0n) is 13.4. The van der Waals surface area contributed by atoms with Gasteiger partial charge in [-0.3, -0.25) is 4.79 Å². The highest BCUT2D eigenvalue weighted by molar-refractivity contribution is 6.03. The van der Waals surface area contributed by atoms with E-state index in [0.717, 1.165) is 25.8 Å². The standard InChI is InChI=1S/C17H21FN4O/c1-3-4-7-10-19-17-20-12(2)11-15(22-17)16(23)21-14-9-6-5-8-13(14)18/h5-6,8-9,11H,3-4,7,10H2,1-2H3,(H,21,23)(H,19,20,22). The second-order valence-electron chi connectivity index (χ2n) is 5.29. The number of aryl methyl sites for hydroxylation is 1. The number of unbranched alkanes of at least 4 members (excludes halogenated alkanes) is 2. The molecule has 2 N–H and O–H groups in total. The van der Waals surface area contributed by atoms with E-state index in [2.05, 4.69) is 27.5 Å². The highest BCUT2D eigenvalue weighted by atomic mass is 19.1. The molecule has 0 spiro atoms. The summed E-state index contributed by atoms with van der Waals surface area (Å²) in [5.41, 5.74) is 1.02. The summed E-state index contributed by atoms with van der Waals surface area (Å²) in [6, 6.07) is 7.60. The summed E-state index contributed by atoms with van der Waals surface area (Å²) in [5.74, 6) is -0.526. The van der Waals surface area contributed by atoms with Crippen molar-refractivity contribution >= 4 is 17.5 Å². The molecule has 0 radical (unpaired) electrons. The van der Waals surface area contributed by atoms with Crippen LogP contribution < -0.4 is 10.6 Å². The van der Waals surface area contributed by atoms with Crippen LogP contribution in [0.25, 0.3) is 0 Å². The van der Waals surface area contributed by atoms with Crippen LogP contribution in [-0.4, -0.2) is 22.4 Å².